The molecule has 2 N–H and O–H groups in total. The minimum absolute atomic E-state index is 0. The summed E-state index contributed by atoms with van der Waals surface area (Å²) >= 11 is 12.9. The van der Waals surface area contributed by atoms with E-state index in [1.54, 1.807) is 0 Å². The summed E-state index contributed by atoms with van der Waals surface area (Å²) in [6.07, 6.45) is 0. The first kappa shape index (κ1) is 20.5. The lowest BCUT2D eigenvalue weighted by Gasteiger charge is -2.21. The second-order valence-corrected chi connectivity index (χ2v) is 7.24. The summed E-state index contributed by atoms with van der Waals surface area (Å²) in [5.41, 5.74) is 3.18. The molecule has 0 spiro atoms. The Labute approximate surface area is 181 Å². The minimum atomic E-state index is -0.156. The highest BCUT2D eigenvalue weighted by Crippen LogP contribution is 2.40. The van der Waals surface area contributed by atoms with E-state index in [-0.39, 0.29) is 24.5 Å². The summed E-state index contributed by atoms with van der Waals surface area (Å²) in [7, 11) is 0. The molecular formula is C22H20Cl3N3. The second-order valence-electron chi connectivity index (χ2n) is 6.43. The van der Waals surface area contributed by atoms with Crippen molar-refractivity contribution in [1.29, 1.82) is 0 Å². The van der Waals surface area contributed by atoms with Crippen LogP contribution in [0, 0.1) is 0 Å². The Hall–Kier alpha value is -2.20. The van der Waals surface area contributed by atoms with Crippen molar-refractivity contribution in [3.05, 3.63) is 106 Å². The highest BCUT2D eigenvalue weighted by atomic mass is 35.5. The van der Waals surface area contributed by atoms with E-state index in [0.29, 0.717) is 16.6 Å². The van der Waals surface area contributed by atoms with Crippen LogP contribution < -0.4 is 10.6 Å². The third-order valence-corrected chi connectivity index (χ3v) is 5.33. The lowest BCUT2D eigenvalue weighted by molar-refractivity contribution is 0.570. The molecule has 0 amide bonds. The van der Waals surface area contributed by atoms with Crippen molar-refractivity contribution in [2.45, 2.75) is 18.6 Å². The Kier molecular flexibility index (Phi) is 6.84. The molecule has 0 radical (unpaired) electrons. The SMILES string of the molecule is Cl.Clc1ccccc1[C@H]1NC(NCc2ccccc2)=N[C@H]1c1ccccc1Cl. The average Bonchev–Trinajstić information content (AvgIpc) is 3.12. The van der Waals surface area contributed by atoms with Gasteiger partial charge in [0.05, 0.1) is 6.04 Å². The number of rotatable bonds is 4. The van der Waals surface area contributed by atoms with Gasteiger partial charge in [-0.1, -0.05) is 89.9 Å². The van der Waals surface area contributed by atoms with E-state index in [1.807, 2.05) is 66.7 Å². The molecule has 1 aliphatic heterocycles. The van der Waals surface area contributed by atoms with Crippen LogP contribution in [0.3, 0.4) is 0 Å². The molecule has 2 atom stereocenters. The van der Waals surface area contributed by atoms with E-state index >= 15 is 0 Å². The Morgan fingerprint density at radius 2 is 1.36 bits per heavy atom. The predicted molar refractivity (Wildman–Crippen MR) is 119 cm³/mol. The van der Waals surface area contributed by atoms with Crippen LogP contribution in [-0.2, 0) is 6.54 Å². The van der Waals surface area contributed by atoms with E-state index < -0.39 is 0 Å². The molecule has 0 aromatic heterocycles. The highest BCUT2D eigenvalue weighted by molar-refractivity contribution is 6.32. The van der Waals surface area contributed by atoms with E-state index in [1.165, 1.54) is 5.56 Å². The van der Waals surface area contributed by atoms with Crippen molar-refractivity contribution in [3.8, 4) is 0 Å². The van der Waals surface area contributed by atoms with Gasteiger partial charge in [-0.3, -0.25) is 0 Å². The molecule has 0 aliphatic carbocycles. The van der Waals surface area contributed by atoms with Gasteiger partial charge in [0.2, 0.25) is 0 Å². The fourth-order valence-corrected chi connectivity index (χ4v) is 3.80. The van der Waals surface area contributed by atoms with Crippen LogP contribution in [0.2, 0.25) is 10.0 Å². The normalized spacial score (nSPS) is 18.0. The summed E-state index contributed by atoms with van der Waals surface area (Å²) in [4.78, 5) is 4.88. The second kappa shape index (κ2) is 9.33. The van der Waals surface area contributed by atoms with Crippen LogP contribution >= 0.6 is 35.6 Å². The maximum Gasteiger partial charge on any atom is 0.192 e. The first-order valence-corrected chi connectivity index (χ1v) is 9.59. The molecule has 0 bridgehead atoms. The van der Waals surface area contributed by atoms with E-state index in [0.717, 1.165) is 17.1 Å². The van der Waals surface area contributed by atoms with Gasteiger partial charge in [-0.05, 0) is 28.8 Å². The fourth-order valence-electron chi connectivity index (χ4n) is 3.29. The quantitative estimate of drug-likeness (QED) is 0.534. The first-order valence-electron chi connectivity index (χ1n) is 8.83. The van der Waals surface area contributed by atoms with E-state index in [2.05, 4.69) is 22.8 Å². The number of aliphatic imine (C=N–C) groups is 1. The molecule has 3 aromatic rings. The van der Waals surface area contributed by atoms with Gasteiger partial charge in [-0.2, -0.15) is 0 Å². The summed E-state index contributed by atoms with van der Waals surface area (Å²) in [6, 6.07) is 25.7. The fraction of sp³-hybridized carbons (Fsp3) is 0.136. The van der Waals surface area contributed by atoms with Crippen molar-refractivity contribution in [2.75, 3.05) is 0 Å². The van der Waals surface area contributed by atoms with Crippen LogP contribution in [0.15, 0.2) is 83.9 Å². The maximum absolute atomic E-state index is 6.47. The Morgan fingerprint density at radius 1 is 0.786 bits per heavy atom. The van der Waals surface area contributed by atoms with E-state index in [4.69, 9.17) is 28.2 Å². The van der Waals surface area contributed by atoms with Crippen molar-refractivity contribution < 1.29 is 0 Å². The van der Waals surface area contributed by atoms with Gasteiger partial charge in [0.25, 0.3) is 0 Å². The summed E-state index contributed by atoms with van der Waals surface area (Å²) in [5.74, 6) is 0.744. The molecule has 1 aliphatic rings. The zero-order chi connectivity index (χ0) is 18.6. The van der Waals surface area contributed by atoms with Crippen LogP contribution in [0.4, 0.5) is 0 Å². The van der Waals surface area contributed by atoms with Gasteiger partial charge in [-0.25, -0.2) is 4.99 Å². The van der Waals surface area contributed by atoms with Crippen molar-refractivity contribution in [2.24, 2.45) is 4.99 Å². The number of hydrogen-bond acceptors (Lipinski definition) is 3. The van der Waals surface area contributed by atoms with Crippen molar-refractivity contribution >= 4 is 41.6 Å². The molecule has 3 aromatic carbocycles. The number of halogens is 3. The highest BCUT2D eigenvalue weighted by Gasteiger charge is 2.33. The molecule has 4 rings (SSSR count). The zero-order valence-corrected chi connectivity index (χ0v) is 17.3. The van der Waals surface area contributed by atoms with Gasteiger partial charge < -0.3 is 10.6 Å². The largest absolute Gasteiger partial charge is 0.352 e. The lowest BCUT2D eigenvalue weighted by atomic mass is 9.95. The zero-order valence-electron chi connectivity index (χ0n) is 15.0. The Balaban J connectivity index is 0.00000225. The molecule has 0 saturated heterocycles. The summed E-state index contributed by atoms with van der Waals surface area (Å²) < 4.78 is 0. The maximum atomic E-state index is 6.47. The molecule has 0 fully saturated rings. The molecule has 3 nitrogen and oxygen atoms in total. The lowest BCUT2D eigenvalue weighted by Crippen LogP contribution is -2.35. The minimum Gasteiger partial charge on any atom is -0.352 e. The number of hydrogen-bond donors (Lipinski definition) is 2. The number of benzene rings is 3. The summed E-state index contributed by atoms with van der Waals surface area (Å²) in [6.45, 7) is 0.692. The van der Waals surface area contributed by atoms with Crippen LogP contribution in [0.1, 0.15) is 28.8 Å². The third-order valence-electron chi connectivity index (χ3n) is 4.64. The number of nitrogens with one attached hydrogen (secondary N) is 2. The van der Waals surface area contributed by atoms with Crippen molar-refractivity contribution in [3.63, 3.8) is 0 Å². The molecular weight excluding hydrogens is 413 g/mol. The van der Waals surface area contributed by atoms with Crippen LogP contribution in [0.5, 0.6) is 0 Å². The standard InChI is InChI=1S/C22H19Cl2N3.ClH/c23-18-12-6-4-10-16(18)20-21(17-11-5-7-13-19(17)24)27-22(26-20)25-14-15-8-2-1-3-9-15;/h1-13,20-21H,14H2,(H2,25,26,27);1H/t20-,21+;. The third kappa shape index (κ3) is 4.44. The van der Waals surface area contributed by atoms with Crippen molar-refractivity contribution in [1.82, 2.24) is 10.6 Å². The van der Waals surface area contributed by atoms with E-state index in [9.17, 15) is 0 Å². The molecule has 144 valence electrons. The van der Waals surface area contributed by atoms with Crippen LogP contribution in [-0.4, -0.2) is 5.96 Å². The molecule has 1 heterocycles. The molecule has 28 heavy (non-hydrogen) atoms. The smallest absolute Gasteiger partial charge is 0.192 e. The Bertz CT molecular complexity index is 960. The number of nitrogens with zero attached hydrogens (tertiary/aromatic N) is 1. The van der Waals surface area contributed by atoms with Crippen LogP contribution in [0.25, 0.3) is 0 Å². The van der Waals surface area contributed by atoms with Gasteiger partial charge >= 0.3 is 0 Å². The predicted octanol–water partition coefficient (Wildman–Crippen LogP) is 5.95. The van der Waals surface area contributed by atoms with Gasteiger partial charge in [0.15, 0.2) is 5.96 Å². The van der Waals surface area contributed by atoms with Gasteiger partial charge in [0.1, 0.15) is 6.04 Å². The van der Waals surface area contributed by atoms with Gasteiger partial charge in [-0.15, -0.1) is 12.4 Å². The molecule has 0 saturated carbocycles. The number of guanidine groups is 1. The first-order chi connectivity index (χ1) is 13.2. The monoisotopic (exact) mass is 431 g/mol. The average molecular weight is 433 g/mol. The molecule has 6 heteroatoms. The molecule has 0 unspecified atom stereocenters. The summed E-state index contributed by atoms with van der Waals surface area (Å²) in [5, 5.41) is 8.30. The topological polar surface area (TPSA) is 36.4 Å². The Morgan fingerprint density at radius 3 is 2.00 bits per heavy atom. The van der Waals surface area contributed by atoms with Gasteiger partial charge in [0, 0.05) is 16.6 Å².